The molecule has 1 aliphatic carbocycles. The van der Waals surface area contributed by atoms with E-state index in [0.717, 1.165) is 56.4 Å². The van der Waals surface area contributed by atoms with Crippen LogP contribution in [0.15, 0.2) is 24.3 Å². The Labute approximate surface area is 155 Å². The molecule has 1 saturated carbocycles. The molecule has 0 atom stereocenters. The third kappa shape index (κ3) is 4.75. The summed E-state index contributed by atoms with van der Waals surface area (Å²) in [6.45, 7) is 5.45. The van der Waals surface area contributed by atoms with Gasteiger partial charge in [0.2, 0.25) is 6.41 Å². The molecular formula is C20H29N4O2. The van der Waals surface area contributed by atoms with Gasteiger partial charge in [-0.2, -0.15) is 0 Å². The van der Waals surface area contributed by atoms with E-state index < -0.39 is 0 Å². The molecule has 1 saturated heterocycles. The first-order valence-electron chi connectivity index (χ1n) is 9.65. The Kier molecular flexibility index (Phi) is 6.50. The predicted molar refractivity (Wildman–Crippen MR) is 103 cm³/mol. The van der Waals surface area contributed by atoms with Crippen LogP contribution in [0.25, 0.3) is 0 Å². The first-order chi connectivity index (χ1) is 12.7. The van der Waals surface area contributed by atoms with E-state index in [-0.39, 0.29) is 12.1 Å². The van der Waals surface area contributed by atoms with Crippen LogP contribution >= 0.6 is 0 Å². The van der Waals surface area contributed by atoms with E-state index in [1.54, 1.807) is 5.01 Å². The Morgan fingerprint density at radius 2 is 1.65 bits per heavy atom. The SMILES string of the molecule is [CH2]c1ccccc1N(C=O)N1CCC(NC(=O)NC2CCCCC2)CC1. The third-order valence-electron chi connectivity index (χ3n) is 5.39. The number of urea groups is 1. The monoisotopic (exact) mass is 357 g/mol. The molecule has 6 nitrogen and oxygen atoms in total. The second kappa shape index (κ2) is 9.03. The van der Waals surface area contributed by atoms with Gasteiger partial charge in [0.25, 0.3) is 0 Å². The van der Waals surface area contributed by atoms with Crippen molar-refractivity contribution in [3.8, 4) is 0 Å². The predicted octanol–water partition coefficient (Wildman–Crippen LogP) is 2.84. The van der Waals surface area contributed by atoms with Gasteiger partial charge < -0.3 is 10.6 Å². The molecule has 0 spiro atoms. The summed E-state index contributed by atoms with van der Waals surface area (Å²) in [5.74, 6) is 0. The second-order valence-electron chi connectivity index (χ2n) is 7.26. The number of hydrogen-bond donors (Lipinski definition) is 2. The summed E-state index contributed by atoms with van der Waals surface area (Å²) in [4.78, 5) is 23.8. The molecule has 26 heavy (non-hydrogen) atoms. The molecule has 1 radical (unpaired) electrons. The second-order valence-corrected chi connectivity index (χ2v) is 7.26. The summed E-state index contributed by atoms with van der Waals surface area (Å²) in [7, 11) is 0. The molecule has 141 valence electrons. The maximum atomic E-state index is 12.2. The zero-order valence-corrected chi connectivity index (χ0v) is 15.3. The normalized spacial score (nSPS) is 19.7. The minimum Gasteiger partial charge on any atom is -0.335 e. The Morgan fingerprint density at radius 1 is 1.04 bits per heavy atom. The molecular weight excluding hydrogens is 328 g/mol. The molecule has 0 unspecified atom stereocenters. The fourth-order valence-electron chi connectivity index (χ4n) is 3.90. The summed E-state index contributed by atoms with van der Waals surface area (Å²) in [6, 6.07) is 8.04. The van der Waals surface area contributed by atoms with E-state index in [2.05, 4.69) is 17.6 Å². The summed E-state index contributed by atoms with van der Waals surface area (Å²) in [6.07, 6.45) is 8.35. The van der Waals surface area contributed by atoms with Crippen LogP contribution in [0.2, 0.25) is 0 Å². The zero-order chi connectivity index (χ0) is 18.4. The van der Waals surface area contributed by atoms with Gasteiger partial charge >= 0.3 is 6.03 Å². The van der Waals surface area contributed by atoms with Gasteiger partial charge in [-0.15, -0.1) is 0 Å². The van der Waals surface area contributed by atoms with Crippen molar-refractivity contribution in [2.75, 3.05) is 18.1 Å². The van der Waals surface area contributed by atoms with Gasteiger partial charge in [0.15, 0.2) is 0 Å². The van der Waals surface area contributed by atoms with Gasteiger partial charge in [-0.25, -0.2) is 14.8 Å². The van der Waals surface area contributed by atoms with E-state index in [4.69, 9.17) is 0 Å². The van der Waals surface area contributed by atoms with Crippen LogP contribution in [0, 0.1) is 6.92 Å². The fourth-order valence-corrected chi connectivity index (χ4v) is 3.90. The number of para-hydroxylation sites is 1. The van der Waals surface area contributed by atoms with Gasteiger partial charge in [-0.3, -0.25) is 4.79 Å². The number of rotatable bonds is 5. The topological polar surface area (TPSA) is 64.7 Å². The highest BCUT2D eigenvalue weighted by atomic mass is 16.2. The molecule has 1 heterocycles. The number of hydrogen-bond acceptors (Lipinski definition) is 3. The van der Waals surface area contributed by atoms with Crippen LogP contribution in [-0.2, 0) is 4.79 Å². The third-order valence-corrected chi connectivity index (χ3v) is 5.39. The van der Waals surface area contributed by atoms with Crippen LogP contribution in [-0.4, -0.2) is 42.6 Å². The molecule has 0 aromatic heterocycles. The largest absolute Gasteiger partial charge is 0.335 e. The zero-order valence-electron chi connectivity index (χ0n) is 15.3. The highest BCUT2D eigenvalue weighted by Gasteiger charge is 2.26. The molecule has 1 aliphatic heterocycles. The smallest absolute Gasteiger partial charge is 0.315 e. The van der Waals surface area contributed by atoms with Gasteiger partial charge in [0.05, 0.1) is 5.69 Å². The van der Waals surface area contributed by atoms with Crippen molar-refractivity contribution in [3.05, 3.63) is 36.8 Å². The van der Waals surface area contributed by atoms with Gasteiger partial charge in [0, 0.05) is 25.2 Å². The van der Waals surface area contributed by atoms with Crippen LogP contribution in [0.4, 0.5) is 10.5 Å². The highest BCUT2D eigenvalue weighted by molar-refractivity contribution is 5.76. The Balaban J connectivity index is 1.48. The number of carbonyl (C=O) groups is 2. The molecule has 2 aliphatic rings. The van der Waals surface area contributed by atoms with E-state index in [1.807, 2.05) is 29.3 Å². The Morgan fingerprint density at radius 3 is 2.27 bits per heavy atom. The molecule has 2 N–H and O–H groups in total. The van der Waals surface area contributed by atoms with Crippen molar-refractivity contribution in [2.24, 2.45) is 0 Å². The summed E-state index contributed by atoms with van der Waals surface area (Å²) >= 11 is 0. The van der Waals surface area contributed by atoms with Crippen LogP contribution < -0.4 is 15.6 Å². The quantitative estimate of drug-likeness (QED) is 0.797. The van der Waals surface area contributed by atoms with E-state index in [1.165, 1.54) is 19.3 Å². The number of carbonyl (C=O) groups excluding carboxylic acids is 2. The minimum atomic E-state index is -0.0503. The Hall–Kier alpha value is -2.08. The molecule has 1 aromatic carbocycles. The minimum absolute atomic E-state index is 0.0503. The summed E-state index contributed by atoms with van der Waals surface area (Å²) in [5.41, 5.74) is 1.63. The molecule has 3 rings (SSSR count). The highest BCUT2D eigenvalue weighted by Crippen LogP contribution is 2.23. The maximum absolute atomic E-state index is 12.2. The van der Waals surface area contributed by atoms with E-state index in [9.17, 15) is 9.59 Å². The molecule has 0 bridgehead atoms. The maximum Gasteiger partial charge on any atom is 0.315 e. The lowest BCUT2D eigenvalue weighted by molar-refractivity contribution is -0.110. The average Bonchev–Trinajstić information content (AvgIpc) is 2.66. The first kappa shape index (κ1) is 18.7. The number of benzene rings is 1. The standard InChI is InChI=1S/C20H29N4O2/c1-16-7-5-6-10-19(16)24(15-25)23-13-11-18(12-14-23)22-20(26)21-17-8-3-2-4-9-17/h5-7,10,15,17-18H,1-4,8-9,11-14H2,(H2,21,22,26). The summed E-state index contributed by atoms with van der Waals surface area (Å²) < 4.78 is 0. The van der Waals surface area contributed by atoms with Gasteiger partial charge in [-0.05, 0) is 44.2 Å². The van der Waals surface area contributed by atoms with Crippen molar-refractivity contribution in [3.63, 3.8) is 0 Å². The van der Waals surface area contributed by atoms with Gasteiger partial charge in [0.1, 0.15) is 0 Å². The lowest BCUT2D eigenvalue weighted by Crippen LogP contribution is -2.53. The molecule has 2 fully saturated rings. The van der Waals surface area contributed by atoms with Crippen molar-refractivity contribution in [2.45, 2.75) is 57.0 Å². The number of hydrazine groups is 1. The van der Waals surface area contributed by atoms with Crippen LogP contribution in [0.1, 0.15) is 50.5 Å². The van der Waals surface area contributed by atoms with E-state index in [0.29, 0.717) is 6.04 Å². The number of nitrogens with zero attached hydrogens (tertiary/aromatic N) is 2. The number of piperidine rings is 1. The van der Waals surface area contributed by atoms with Crippen LogP contribution in [0.3, 0.4) is 0 Å². The molecule has 6 heteroatoms. The van der Waals surface area contributed by atoms with Crippen molar-refractivity contribution < 1.29 is 9.59 Å². The molecule has 1 aromatic rings. The van der Waals surface area contributed by atoms with Crippen molar-refractivity contribution in [1.29, 1.82) is 0 Å². The number of anilines is 1. The fraction of sp³-hybridized carbons (Fsp3) is 0.550. The van der Waals surface area contributed by atoms with Gasteiger partial charge in [-0.1, -0.05) is 37.5 Å². The number of nitrogens with one attached hydrogen (secondary N) is 2. The van der Waals surface area contributed by atoms with Crippen molar-refractivity contribution in [1.82, 2.24) is 15.6 Å². The molecule has 3 amide bonds. The number of amides is 3. The lowest BCUT2D eigenvalue weighted by Gasteiger charge is -2.38. The van der Waals surface area contributed by atoms with Crippen LogP contribution in [0.5, 0.6) is 0 Å². The Bertz CT molecular complexity index is 608. The van der Waals surface area contributed by atoms with Crippen molar-refractivity contribution >= 4 is 18.1 Å². The average molecular weight is 357 g/mol. The van der Waals surface area contributed by atoms with E-state index >= 15 is 0 Å². The first-order valence-corrected chi connectivity index (χ1v) is 9.65. The summed E-state index contributed by atoms with van der Waals surface area (Å²) in [5, 5.41) is 9.87. The lowest BCUT2D eigenvalue weighted by atomic mass is 9.96.